The molecule has 0 fully saturated rings. The molecule has 0 bridgehead atoms. The third kappa shape index (κ3) is 5.59. The Hall–Kier alpha value is -0.940. The summed E-state index contributed by atoms with van der Waals surface area (Å²) in [6.45, 7) is 4.94. The Morgan fingerprint density at radius 3 is 2.80 bits per heavy atom. The predicted octanol–water partition coefficient (Wildman–Crippen LogP) is 3.43. The molecule has 1 unspecified atom stereocenters. The molecule has 0 aliphatic carbocycles. The van der Waals surface area contributed by atoms with Crippen LogP contribution in [0.15, 0.2) is 12.1 Å². The van der Waals surface area contributed by atoms with Crippen LogP contribution in [0.1, 0.15) is 37.0 Å². The second kappa shape index (κ2) is 9.08. The molecule has 1 aromatic heterocycles. The lowest BCUT2D eigenvalue weighted by Gasteiger charge is -2.16. The topological polar surface area (TPSA) is 54.0 Å². The minimum absolute atomic E-state index is 0.102. The molecular formula is C14H22ClN3OS. The standard InChI is InChI=1S/C14H22ClN3OS/c1-4-6-16-13-8-10(7-12(15)18-13)14(19)17-11(5-2)9-20-3/h7-8,11H,4-6,9H2,1-3H3,(H,16,18)(H,17,19). The summed E-state index contributed by atoms with van der Waals surface area (Å²) in [7, 11) is 0. The monoisotopic (exact) mass is 315 g/mol. The maximum atomic E-state index is 12.2. The Morgan fingerprint density at radius 2 is 2.20 bits per heavy atom. The van der Waals surface area contributed by atoms with Gasteiger partial charge >= 0.3 is 0 Å². The second-order valence-corrected chi connectivity index (χ2v) is 5.82. The highest BCUT2D eigenvalue weighted by Crippen LogP contribution is 2.15. The van der Waals surface area contributed by atoms with E-state index in [4.69, 9.17) is 11.6 Å². The van der Waals surface area contributed by atoms with Gasteiger partial charge in [-0.2, -0.15) is 11.8 Å². The number of amides is 1. The van der Waals surface area contributed by atoms with Crippen molar-refractivity contribution in [3.8, 4) is 0 Å². The number of carbonyl (C=O) groups is 1. The van der Waals surface area contributed by atoms with Gasteiger partial charge in [0.1, 0.15) is 11.0 Å². The molecule has 112 valence electrons. The maximum absolute atomic E-state index is 12.2. The fourth-order valence-electron chi connectivity index (χ4n) is 1.70. The van der Waals surface area contributed by atoms with Crippen LogP contribution in [-0.4, -0.2) is 35.5 Å². The highest BCUT2D eigenvalue weighted by atomic mass is 35.5. The molecule has 0 radical (unpaired) electrons. The SMILES string of the molecule is CCCNc1cc(C(=O)NC(CC)CSC)cc(Cl)n1. The number of hydrogen-bond acceptors (Lipinski definition) is 4. The molecule has 0 saturated carbocycles. The van der Waals surface area contributed by atoms with Crippen LogP contribution in [0.25, 0.3) is 0 Å². The van der Waals surface area contributed by atoms with Crippen LogP contribution in [0.2, 0.25) is 5.15 Å². The summed E-state index contributed by atoms with van der Waals surface area (Å²) in [5, 5.41) is 6.49. The molecule has 1 rings (SSSR count). The smallest absolute Gasteiger partial charge is 0.251 e. The number of pyridine rings is 1. The zero-order chi connectivity index (χ0) is 15.0. The van der Waals surface area contributed by atoms with E-state index in [1.165, 1.54) is 0 Å². The lowest BCUT2D eigenvalue weighted by Crippen LogP contribution is -2.36. The minimum atomic E-state index is -0.102. The molecule has 4 nitrogen and oxygen atoms in total. The van der Waals surface area contributed by atoms with Crippen molar-refractivity contribution in [2.24, 2.45) is 0 Å². The number of carbonyl (C=O) groups excluding carboxylic acids is 1. The number of anilines is 1. The van der Waals surface area contributed by atoms with Gasteiger partial charge in [-0.15, -0.1) is 0 Å². The zero-order valence-electron chi connectivity index (χ0n) is 12.2. The molecule has 20 heavy (non-hydrogen) atoms. The summed E-state index contributed by atoms with van der Waals surface area (Å²) in [4.78, 5) is 16.4. The molecule has 6 heteroatoms. The lowest BCUT2D eigenvalue weighted by atomic mass is 10.2. The van der Waals surface area contributed by atoms with Crippen molar-refractivity contribution < 1.29 is 4.79 Å². The molecule has 0 aliphatic rings. The number of hydrogen-bond donors (Lipinski definition) is 2. The molecule has 0 aromatic carbocycles. The van der Waals surface area contributed by atoms with Crippen LogP contribution >= 0.6 is 23.4 Å². The quantitative estimate of drug-likeness (QED) is 0.722. The molecule has 1 heterocycles. The molecule has 2 N–H and O–H groups in total. The summed E-state index contributed by atoms with van der Waals surface area (Å²) >= 11 is 7.69. The van der Waals surface area contributed by atoms with E-state index in [1.54, 1.807) is 23.9 Å². The number of thioether (sulfide) groups is 1. The first-order valence-electron chi connectivity index (χ1n) is 6.81. The average Bonchev–Trinajstić information content (AvgIpc) is 2.43. The van der Waals surface area contributed by atoms with E-state index in [2.05, 4.69) is 29.5 Å². The van der Waals surface area contributed by atoms with Crippen molar-refractivity contribution in [1.29, 1.82) is 0 Å². The molecule has 1 amide bonds. The fourth-order valence-corrected chi connectivity index (χ4v) is 2.63. The largest absolute Gasteiger partial charge is 0.370 e. The zero-order valence-corrected chi connectivity index (χ0v) is 13.8. The molecule has 1 aromatic rings. The number of aromatic nitrogens is 1. The molecular weight excluding hydrogens is 294 g/mol. The van der Waals surface area contributed by atoms with Gasteiger partial charge in [0.05, 0.1) is 0 Å². The summed E-state index contributed by atoms with van der Waals surface area (Å²) in [6.07, 6.45) is 3.93. The fraction of sp³-hybridized carbons (Fsp3) is 0.571. The number of nitrogens with zero attached hydrogens (tertiary/aromatic N) is 1. The van der Waals surface area contributed by atoms with E-state index < -0.39 is 0 Å². The Balaban J connectivity index is 2.78. The summed E-state index contributed by atoms with van der Waals surface area (Å²) in [5.41, 5.74) is 0.545. The highest BCUT2D eigenvalue weighted by molar-refractivity contribution is 7.98. The summed E-state index contributed by atoms with van der Waals surface area (Å²) in [6, 6.07) is 3.51. The van der Waals surface area contributed by atoms with E-state index in [1.807, 2.05) is 6.26 Å². The van der Waals surface area contributed by atoms with Gasteiger partial charge in [-0.1, -0.05) is 25.4 Å². The van der Waals surface area contributed by atoms with Crippen molar-refractivity contribution in [2.45, 2.75) is 32.7 Å². The Morgan fingerprint density at radius 1 is 1.45 bits per heavy atom. The third-order valence-corrected chi connectivity index (χ3v) is 3.74. The van der Waals surface area contributed by atoms with Crippen LogP contribution < -0.4 is 10.6 Å². The van der Waals surface area contributed by atoms with Gasteiger partial charge in [0.2, 0.25) is 0 Å². The minimum Gasteiger partial charge on any atom is -0.370 e. The molecule has 1 atom stereocenters. The van der Waals surface area contributed by atoms with Crippen molar-refractivity contribution in [3.05, 3.63) is 22.8 Å². The predicted molar refractivity (Wildman–Crippen MR) is 88.0 cm³/mol. The molecule has 0 aliphatic heterocycles. The van der Waals surface area contributed by atoms with Gasteiger partial charge in [0.15, 0.2) is 0 Å². The normalized spacial score (nSPS) is 12.0. The number of halogens is 1. The van der Waals surface area contributed by atoms with Gasteiger partial charge in [-0.25, -0.2) is 4.98 Å². The van der Waals surface area contributed by atoms with Crippen LogP contribution in [0.4, 0.5) is 5.82 Å². The van der Waals surface area contributed by atoms with E-state index in [-0.39, 0.29) is 11.9 Å². The van der Waals surface area contributed by atoms with Crippen LogP contribution in [-0.2, 0) is 0 Å². The lowest BCUT2D eigenvalue weighted by molar-refractivity contribution is 0.0940. The highest BCUT2D eigenvalue weighted by Gasteiger charge is 2.13. The van der Waals surface area contributed by atoms with E-state index >= 15 is 0 Å². The first-order chi connectivity index (χ1) is 9.60. The average molecular weight is 316 g/mol. The first-order valence-corrected chi connectivity index (χ1v) is 8.59. The van der Waals surface area contributed by atoms with Crippen molar-refractivity contribution in [1.82, 2.24) is 10.3 Å². The van der Waals surface area contributed by atoms with Gasteiger partial charge in [-0.3, -0.25) is 4.79 Å². The van der Waals surface area contributed by atoms with Crippen LogP contribution in [0.5, 0.6) is 0 Å². The van der Waals surface area contributed by atoms with E-state index in [0.717, 1.165) is 25.1 Å². The number of rotatable bonds is 8. The van der Waals surface area contributed by atoms with Crippen molar-refractivity contribution >= 4 is 35.1 Å². The molecule has 0 saturated heterocycles. The Bertz CT molecular complexity index is 442. The summed E-state index contributed by atoms with van der Waals surface area (Å²) < 4.78 is 0. The second-order valence-electron chi connectivity index (χ2n) is 4.52. The van der Waals surface area contributed by atoms with Crippen molar-refractivity contribution in [2.75, 3.05) is 23.9 Å². The van der Waals surface area contributed by atoms with Gasteiger partial charge in [0.25, 0.3) is 5.91 Å². The third-order valence-electron chi connectivity index (χ3n) is 2.81. The first kappa shape index (κ1) is 17.1. The van der Waals surface area contributed by atoms with Crippen LogP contribution in [0, 0.1) is 0 Å². The maximum Gasteiger partial charge on any atom is 0.251 e. The molecule has 0 spiro atoms. The number of nitrogens with one attached hydrogen (secondary N) is 2. The van der Waals surface area contributed by atoms with Crippen LogP contribution in [0.3, 0.4) is 0 Å². The van der Waals surface area contributed by atoms with Gasteiger partial charge in [-0.05, 0) is 31.2 Å². The van der Waals surface area contributed by atoms with E-state index in [0.29, 0.717) is 16.5 Å². The Labute approximate surface area is 130 Å². The van der Waals surface area contributed by atoms with Gasteiger partial charge in [0, 0.05) is 23.9 Å². The summed E-state index contributed by atoms with van der Waals surface area (Å²) in [5.74, 6) is 1.44. The Kier molecular flexibility index (Phi) is 7.77. The van der Waals surface area contributed by atoms with Gasteiger partial charge < -0.3 is 10.6 Å². The van der Waals surface area contributed by atoms with E-state index in [9.17, 15) is 4.79 Å². The van der Waals surface area contributed by atoms with Crippen molar-refractivity contribution in [3.63, 3.8) is 0 Å².